The van der Waals surface area contributed by atoms with Crippen molar-refractivity contribution in [3.8, 4) is 5.75 Å². The topological polar surface area (TPSA) is 35.2 Å². The van der Waals surface area contributed by atoms with Crippen LogP contribution in [0.3, 0.4) is 0 Å². The number of rotatable bonds is 5. The van der Waals surface area contributed by atoms with Crippen molar-refractivity contribution < 1.29 is 4.74 Å². The van der Waals surface area contributed by atoms with Gasteiger partial charge in [0.25, 0.3) is 0 Å². The van der Waals surface area contributed by atoms with Gasteiger partial charge in [-0.15, -0.1) is 0 Å². The zero-order chi connectivity index (χ0) is 10.4. The Morgan fingerprint density at radius 3 is 2.79 bits per heavy atom. The second-order valence-corrected chi connectivity index (χ2v) is 3.53. The van der Waals surface area contributed by atoms with Crippen LogP contribution in [0.25, 0.3) is 0 Å². The minimum absolute atomic E-state index is 0.552. The van der Waals surface area contributed by atoms with Crippen LogP contribution in [0.4, 0.5) is 0 Å². The molecule has 0 fully saturated rings. The first-order chi connectivity index (χ1) is 6.74. The van der Waals surface area contributed by atoms with E-state index in [1.165, 1.54) is 5.56 Å². The Bertz CT molecular complexity index is 312. The maximum Gasteiger partial charge on any atom is 0.122 e. The Hall–Kier alpha value is -1.09. The van der Waals surface area contributed by atoms with Crippen LogP contribution in [0.15, 0.2) is 24.3 Å². The zero-order valence-corrected chi connectivity index (χ0v) is 9.14. The van der Waals surface area contributed by atoms with Crippen LogP contribution in [0.1, 0.15) is 18.9 Å². The molecular formula is C11H15NOS. The Morgan fingerprint density at radius 2 is 2.14 bits per heavy atom. The molecule has 76 valence electrons. The maximum absolute atomic E-state index is 5.49. The fourth-order valence-electron chi connectivity index (χ4n) is 1.26. The van der Waals surface area contributed by atoms with Gasteiger partial charge in [-0.05, 0) is 25.0 Å². The maximum atomic E-state index is 5.49. The van der Waals surface area contributed by atoms with Crippen LogP contribution in [-0.2, 0) is 6.42 Å². The van der Waals surface area contributed by atoms with E-state index in [4.69, 9.17) is 22.7 Å². The monoisotopic (exact) mass is 209 g/mol. The molecule has 2 N–H and O–H groups in total. The predicted octanol–water partition coefficient (Wildman–Crippen LogP) is 2.30. The van der Waals surface area contributed by atoms with E-state index in [0.717, 1.165) is 18.6 Å². The molecule has 1 aromatic rings. The van der Waals surface area contributed by atoms with Crippen LogP contribution in [0, 0.1) is 0 Å². The third kappa shape index (κ3) is 3.34. The van der Waals surface area contributed by atoms with Gasteiger partial charge in [-0.3, -0.25) is 0 Å². The summed E-state index contributed by atoms with van der Waals surface area (Å²) in [5, 5.41) is 0. The minimum Gasteiger partial charge on any atom is -0.494 e. The van der Waals surface area contributed by atoms with Crippen molar-refractivity contribution in [3.63, 3.8) is 0 Å². The third-order valence-corrected chi connectivity index (χ3v) is 2.12. The third-order valence-electron chi connectivity index (χ3n) is 1.91. The van der Waals surface area contributed by atoms with Crippen LogP contribution in [0.2, 0.25) is 0 Å². The fraction of sp³-hybridized carbons (Fsp3) is 0.364. The molecule has 0 saturated heterocycles. The number of hydrogen-bond donors (Lipinski definition) is 1. The SMILES string of the molecule is CCOc1ccccc1CCC(N)=S. The summed E-state index contributed by atoms with van der Waals surface area (Å²) in [5.74, 6) is 0.936. The van der Waals surface area contributed by atoms with Crippen molar-refractivity contribution >= 4 is 17.2 Å². The van der Waals surface area contributed by atoms with Crippen molar-refractivity contribution in [1.82, 2.24) is 0 Å². The number of ether oxygens (including phenoxy) is 1. The van der Waals surface area contributed by atoms with Gasteiger partial charge in [-0.2, -0.15) is 0 Å². The van der Waals surface area contributed by atoms with Gasteiger partial charge in [0.15, 0.2) is 0 Å². The molecule has 0 heterocycles. The Kier molecular flexibility index (Phi) is 4.40. The van der Waals surface area contributed by atoms with E-state index in [9.17, 15) is 0 Å². The molecule has 0 aromatic heterocycles. The summed E-state index contributed by atoms with van der Waals surface area (Å²) in [4.78, 5) is 0.552. The van der Waals surface area contributed by atoms with E-state index >= 15 is 0 Å². The Morgan fingerprint density at radius 1 is 1.43 bits per heavy atom. The van der Waals surface area contributed by atoms with Crippen molar-refractivity contribution in [1.29, 1.82) is 0 Å². The Balaban J connectivity index is 2.68. The summed E-state index contributed by atoms with van der Waals surface area (Å²) in [6, 6.07) is 7.98. The number of thiocarbonyl (C=S) groups is 1. The second-order valence-electron chi connectivity index (χ2n) is 3.01. The first kappa shape index (κ1) is 11.0. The van der Waals surface area contributed by atoms with Crippen molar-refractivity contribution in [2.45, 2.75) is 19.8 Å². The number of nitrogens with two attached hydrogens (primary N) is 1. The van der Waals surface area contributed by atoms with Crippen LogP contribution < -0.4 is 10.5 Å². The predicted molar refractivity (Wildman–Crippen MR) is 62.7 cm³/mol. The summed E-state index contributed by atoms with van der Waals surface area (Å²) in [6.45, 7) is 2.66. The van der Waals surface area contributed by atoms with E-state index < -0.39 is 0 Å². The van der Waals surface area contributed by atoms with Crippen LogP contribution in [0.5, 0.6) is 5.75 Å². The van der Waals surface area contributed by atoms with Crippen molar-refractivity contribution in [2.75, 3.05) is 6.61 Å². The smallest absolute Gasteiger partial charge is 0.122 e. The zero-order valence-electron chi connectivity index (χ0n) is 8.32. The first-order valence-electron chi connectivity index (χ1n) is 4.73. The summed E-state index contributed by atoms with van der Waals surface area (Å²) >= 11 is 4.84. The molecule has 14 heavy (non-hydrogen) atoms. The molecule has 0 amide bonds. The molecule has 0 aliphatic carbocycles. The largest absolute Gasteiger partial charge is 0.494 e. The van der Waals surface area contributed by atoms with Gasteiger partial charge in [0, 0.05) is 6.42 Å². The fourth-order valence-corrected chi connectivity index (χ4v) is 1.37. The first-order valence-corrected chi connectivity index (χ1v) is 5.14. The molecule has 1 aromatic carbocycles. The van der Waals surface area contributed by atoms with Crippen molar-refractivity contribution in [3.05, 3.63) is 29.8 Å². The van der Waals surface area contributed by atoms with E-state index in [1.54, 1.807) is 0 Å². The summed E-state index contributed by atoms with van der Waals surface area (Å²) in [6.07, 6.45) is 1.59. The van der Waals surface area contributed by atoms with Gasteiger partial charge in [0.2, 0.25) is 0 Å². The lowest BCUT2D eigenvalue weighted by Crippen LogP contribution is -2.09. The van der Waals surface area contributed by atoms with Gasteiger partial charge >= 0.3 is 0 Å². The molecular weight excluding hydrogens is 194 g/mol. The highest BCUT2D eigenvalue weighted by atomic mass is 32.1. The Labute approximate surface area is 90.1 Å². The normalized spacial score (nSPS) is 9.79. The van der Waals surface area contributed by atoms with Gasteiger partial charge in [-0.1, -0.05) is 30.4 Å². The van der Waals surface area contributed by atoms with E-state index in [1.807, 2.05) is 31.2 Å². The highest BCUT2D eigenvalue weighted by Crippen LogP contribution is 2.19. The number of hydrogen-bond acceptors (Lipinski definition) is 2. The average Bonchev–Trinajstić information content (AvgIpc) is 2.17. The highest BCUT2D eigenvalue weighted by Gasteiger charge is 2.02. The lowest BCUT2D eigenvalue weighted by Gasteiger charge is -2.08. The molecule has 0 unspecified atom stereocenters. The van der Waals surface area contributed by atoms with E-state index in [-0.39, 0.29) is 0 Å². The summed E-state index contributed by atoms with van der Waals surface area (Å²) in [5.41, 5.74) is 6.62. The van der Waals surface area contributed by atoms with Gasteiger partial charge < -0.3 is 10.5 Å². The molecule has 0 bridgehead atoms. The summed E-state index contributed by atoms with van der Waals surface area (Å²) < 4.78 is 5.49. The molecule has 0 atom stereocenters. The molecule has 3 heteroatoms. The number of aryl methyl sites for hydroxylation is 1. The van der Waals surface area contributed by atoms with Gasteiger partial charge in [0.05, 0.1) is 11.6 Å². The number of benzene rings is 1. The molecule has 1 rings (SSSR count). The molecule has 0 radical (unpaired) electrons. The lowest BCUT2D eigenvalue weighted by molar-refractivity contribution is 0.336. The molecule has 0 aliphatic rings. The molecule has 0 saturated carbocycles. The van der Waals surface area contributed by atoms with Crippen LogP contribution in [-0.4, -0.2) is 11.6 Å². The molecule has 0 spiro atoms. The average molecular weight is 209 g/mol. The molecule has 0 aliphatic heterocycles. The highest BCUT2D eigenvalue weighted by molar-refractivity contribution is 7.80. The quantitative estimate of drug-likeness (QED) is 0.756. The summed E-state index contributed by atoms with van der Waals surface area (Å²) in [7, 11) is 0. The lowest BCUT2D eigenvalue weighted by atomic mass is 10.1. The van der Waals surface area contributed by atoms with E-state index in [2.05, 4.69) is 0 Å². The van der Waals surface area contributed by atoms with Crippen LogP contribution >= 0.6 is 12.2 Å². The van der Waals surface area contributed by atoms with Crippen molar-refractivity contribution in [2.24, 2.45) is 5.73 Å². The molecule has 2 nitrogen and oxygen atoms in total. The second kappa shape index (κ2) is 5.60. The van der Waals surface area contributed by atoms with Gasteiger partial charge in [-0.25, -0.2) is 0 Å². The standard InChI is InChI=1S/C11H15NOS/c1-2-13-10-6-4-3-5-9(10)7-8-11(12)14/h3-6H,2,7-8H2,1H3,(H2,12,14). The minimum atomic E-state index is 0.552. The van der Waals surface area contributed by atoms with Gasteiger partial charge in [0.1, 0.15) is 5.75 Å². The number of para-hydroxylation sites is 1. The van der Waals surface area contributed by atoms with E-state index in [0.29, 0.717) is 11.6 Å².